The van der Waals surface area contributed by atoms with Gasteiger partial charge in [-0.05, 0) is 29.6 Å². The lowest BCUT2D eigenvalue weighted by Gasteiger charge is -2.17. The van der Waals surface area contributed by atoms with Crippen molar-refractivity contribution in [1.29, 1.82) is 0 Å². The van der Waals surface area contributed by atoms with Crippen molar-refractivity contribution in [2.24, 2.45) is 0 Å². The Morgan fingerprint density at radius 2 is 1.79 bits per heavy atom. The fraction of sp³-hybridized carbons (Fsp3) is 0.0625. The third kappa shape index (κ3) is 5.63. The second-order valence-electron chi connectivity index (χ2n) is 5.36. The highest BCUT2D eigenvalue weighted by Gasteiger charge is 2.35. The minimum atomic E-state index is -4.70. The monoisotopic (exact) mass is 499 g/mol. The molecule has 154 valence electrons. The summed E-state index contributed by atoms with van der Waals surface area (Å²) in [4.78, 5) is 3.86. The molecule has 2 N–H and O–H groups in total. The van der Waals surface area contributed by atoms with Gasteiger partial charge in [-0.3, -0.25) is 0 Å². The number of hydrogen-bond acceptors (Lipinski definition) is 6. The maximum atomic E-state index is 13.0. The molecular formula is C16H10Cl2F3N3O2S3. The van der Waals surface area contributed by atoms with Crippen molar-refractivity contribution in [3.05, 3.63) is 63.6 Å². The molecule has 0 fully saturated rings. The van der Waals surface area contributed by atoms with Gasteiger partial charge in [0.15, 0.2) is 10.7 Å². The van der Waals surface area contributed by atoms with E-state index in [1.54, 1.807) is 17.5 Å². The van der Waals surface area contributed by atoms with Crippen LogP contribution in [-0.2, 0) is 28.9 Å². The molecule has 0 saturated heterocycles. The summed E-state index contributed by atoms with van der Waals surface area (Å²) in [6, 6.07) is 7.65. The van der Waals surface area contributed by atoms with E-state index in [2.05, 4.69) is 14.4 Å². The molecule has 0 amide bonds. The van der Waals surface area contributed by atoms with E-state index in [1.807, 2.05) is 0 Å². The Bertz CT molecular complexity index is 993. The maximum absolute atomic E-state index is 13.0. The normalized spacial score (nSPS) is 13.8. The number of nitrogens with one attached hydrogen (secondary N) is 2. The van der Waals surface area contributed by atoms with Crippen LogP contribution in [0.1, 0.15) is 5.56 Å². The van der Waals surface area contributed by atoms with Crippen LogP contribution in [-0.4, -0.2) is 14.1 Å². The van der Waals surface area contributed by atoms with Crippen LogP contribution in [0.2, 0.25) is 10.0 Å². The first-order valence-electron chi connectivity index (χ1n) is 7.58. The third-order valence-corrected chi connectivity index (χ3v) is 7.29. The fourth-order valence-corrected chi connectivity index (χ4v) is 5.10. The van der Waals surface area contributed by atoms with Crippen molar-refractivity contribution in [2.75, 3.05) is 9.44 Å². The van der Waals surface area contributed by atoms with Crippen molar-refractivity contribution >= 4 is 68.8 Å². The number of hydrogen-bond donors (Lipinski definition) is 2. The molecule has 3 rings (SSSR count). The molecule has 0 aliphatic rings. The van der Waals surface area contributed by atoms with E-state index < -0.39 is 39.5 Å². The van der Waals surface area contributed by atoms with Crippen molar-refractivity contribution in [3.63, 3.8) is 0 Å². The molecule has 0 radical (unpaired) electrons. The Balaban J connectivity index is 1.85. The Labute approximate surface area is 183 Å². The van der Waals surface area contributed by atoms with Gasteiger partial charge >= 0.3 is 6.18 Å². The van der Waals surface area contributed by atoms with Crippen LogP contribution >= 0.6 is 34.5 Å². The molecule has 1 aromatic carbocycles. The first-order chi connectivity index (χ1) is 13.6. The number of alkyl halides is 3. The van der Waals surface area contributed by atoms with Crippen LogP contribution in [0.3, 0.4) is 0 Å². The average Bonchev–Trinajstić information content (AvgIpc) is 3.18. The second kappa shape index (κ2) is 9.21. The highest BCUT2D eigenvalue weighted by Crippen LogP contribution is 2.36. The van der Waals surface area contributed by atoms with E-state index in [1.165, 1.54) is 29.7 Å². The molecule has 2 heterocycles. The molecule has 2 atom stereocenters. The molecule has 13 heteroatoms. The van der Waals surface area contributed by atoms with Gasteiger partial charge in [0.05, 0.1) is 15.6 Å². The molecule has 0 bridgehead atoms. The lowest BCUT2D eigenvalue weighted by atomic mass is 10.2. The molecule has 29 heavy (non-hydrogen) atoms. The predicted molar refractivity (Wildman–Crippen MR) is 110 cm³/mol. The summed E-state index contributed by atoms with van der Waals surface area (Å²) in [5.41, 5.74) is -1.00. The predicted octanol–water partition coefficient (Wildman–Crippen LogP) is 5.74. The zero-order chi connectivity index (χ0) is 21.2. The number of pyridine rings is 1. The smallest absolute Gasteiger partial charge is 0.418 e. The van der Waals surface area contributed by atoms with Crippen molar-refractivity contribution in [2.45, 2.75) is 15.3 Å². The zero-order valence-electron chi connectivity index (χ0n) is 14.0. The van der Waals surface area contributed by atoms with Gasteiger partial charge in [-0.1, -0.05) is 34.5 Å². The number of halogens is 5. The number of anilines is 2. The fourth-order valence-electron chi connectivity index (χ4n) is 2.10. The van der Waals surface area contributed by atoms with Gasteiger partial charge in [0, 0.05) is 18.3 Å². The summed E-state index contributed by atoms with van der Waals surface area (Å²) >= 11 is 9.02. The number of benzene rings is 1. The lowest BCUT2D eigenvalue weighted by Crippen LogP contribution is -2.18. The summed E-state index contributed by atoms with van der Waals surface area (Å²) in [5, 5.41) is 1.43. The first-order valence-corrected chi connectivity index (χ1v) is 11.5. The topological polar surface area (TPSA) is 83.1 Å². The van der Waals surface area contributed by atoms with Crippen LogP contribution < -0.4 is 9.44 Å². The Morgan fingerprint density at radius 1 is 1.03 bits per heavy atom. The molecule has 5 nitrogen and oxygen atoms in total. The maximum Gasteiger partial charge on any atom is 0.418 e. The van der Waals surface area contributed by atoms with Crippen LogP contribution in [0.15, 0.2) is 57.1 Å². The quantitative estimate of drug-likeness (QED) is 0.422. The molecule has 0 aliphatic heterocycles. The van der Waals surface area contributed by atoms with Crippen molar-refractivity contribution < 1.29 is 22.3 Å². The molecule has 2 aromatic heterocycles. The first kappa shape index (κ1) is 22.3. The number of aromatic nitrogens is 1. The molecule has 0 saturated carbocycles. The van der Waals surface area contributed by atoms with Crippen LogP contribution in [0, 0.1) is 0 Å². The minimum Gasteiger partial charge on any atom is -0.588 e. The zero-order valence-corrected chi connectivity index (χ0v) is 18.0. The molecule has 0 spiro atoms. The average molecular weight is 500 g/mol. The minimum absolute atomic E-state index is 0.0690. The van der Waals surface area contributed by atoms with Crippen molar-refractivity contribution in [3.8, 4) is 0 Å². The second-order valence-corrected chi connectivity index (χ2v) is 9.81. The molecule has 3 aromatic rings. The van der Waals surface area contributed by atoms with Gasteiger partial charge in [0.1, 0.15) is 28.4 Å². The molecule has 2 unspecified atom stereocenters. The van der Waals surface area contributed by atoms with Gasteiger partial charge in [-0.25, -0.2) is 4.98 Å². The van der Waals surface area contributed by atoms with Gasteiger partial charge in [0.2, 0.25) is 4.21 Å². The SMILES string of the molecule is [O-][S+](Nc1cc(Cl)cnc1N[S+]([O-])c1cccs1)c1ccc(Cl)c(C(F)(F)F)c1. The molecular weight excluding hydrogens is 490 g/mol. The number of thiophene rings is 1. The largest absolute Gasteiger partial charge is 0.588 e. The Kier molecular flexibility index (Phi) is 7.10. The summed E-state index contributed by atoms with van der Waals surface area (Å²) in [7, 11) is 0. The van der Waals surface area contributed by atoms with Gasteiger partial charge < -0.3 is 9.11 Å². The summed E-state index contributed by atoms with van der Waals surface area (Å²) in [6.07, 6.45) is -3.41. The van der Waals surface area contributed by atoms with Crippen LogP contribution in [0.25, 0.3) is 0 Å². The molecule has 0 aliphatic carbocycles. The number of rotatable bonds is 6. The summed E-state index contributed by atoms with van der Waals surface area (Å²) in [6.45, 7) is 0. The van der Waals surface area contributed by atoms with E-state index in [9.17, 15) is 22.3 Å². The highest BCUT2D eigenvalue weighted by molar-refractivity contribution is 7.94. The van der Waals surface area contributed by atoms with E-state index in [0.717, 1.165) is 6.07 Å². The Hall–Kier alpha value is -1.34. The van der Waals surface area contributed by atoms with E-state index >= 15 is 0 Å². The highest BCUT2D eigenvalue weighted by atomic mass is 35.5. The Morgan fingerprint density at radius 3 is 2.45 bits per heavy atom. The van der Waals surface area contributed by atoms with E-state index in [-0.39, 0.29) is 21.4 Å². The lowest BCUT2D eigenvalue weighted by molar-refractivity contribution is -0.137. The summed E-state index contributed by atoms with van der Waals surface area (Å²) in [5.74, 6) is 0.0690. The van der Waals surface area contributed by atoms with Gasteiger partial charge in [-0.2, -0.15) is 22.6 Å². The van der Waals surface area contributed by atoms with E-state index in [0.29, 0.717) is 10.3 Å². The third-order valence-electron chi connectivity index (χ3n) is 3.38. The number of nitrogens with zero attached hydrogens (tertiary/aromatic N) is 1. The van der Waals surface area contributed by atoms with Crippen molar-refractivity contribution in [1.82, 2.24) is 4.98 Å². The van der Waals surface area contributed by atoms with Crippen LogP contribution in [0.4, 0.5) is 24.7 Å². The van der Waals surface area contributed by atoms with E-state index in [4.69, 9.17) is 23.2 Å². The summed E-state index contributed by atoms with van der Waals surface area (Å²) < 4.78 is 69.8. The van der Waals surface area contributed by atoms with Gasteiger partial charge in [0.25, 0.3) is 0 Å². The van der Waals surface area contributed by atoms with Crippen LogP contribution in [0.5, 0.6) is 0 Å². The standard InChI is InChI=1S/C16H10Cl2F3N3O2S3/c17-9-6-13(15(22-8-9)24-29(26)14-2-1-5-27-14)23-28(25)10-3-4-12(18)11(7-10)16(19,20)21/h1-8,23H,(H,22,24). The van der Waals surface area contributed by atoms with Gasteiger partial charge in [-0.15, -0.1) is 0 Å².